The van der Waals surface area contributed by atoms with E-state index in [2.05, 4.69) is 11.4 Å². The predicted octanol–water partition coefficient (Wildman–Crippen LogP) is 3.14. The lowest BCUT2D eigenvalue weighted by atomic mass is 10.0. The number of piperidine rings is 1. The fourth-order valence-electron chi connectivity index (χ4n) is 3.35. The number of halogens is 1. The van der Waals surface area contributed by atoms with Crippen LogP contribution in [0.2, 0.25) is 0 Å². The van der Waals surface area contributed by atoms with E-state index in [1.165, 1.54) is 12.1 Å². The lowest BCUT2D eigenvalue weighted by molar-refractivity contribution is 0.0702. The Morgan fingerprint density at radius 3 is 2.45 bits per heavy atom. The molecule has 0 atom stereocenters. The van der Waals surface area contributed by atoms with Gasteiger partial charge >= 0.3 is 6.03 Å². The second kappa shape index (κ2) is 9.20. The van der Waals surface area contributed by atoms with Crippen LogP contribution in [0.15, 0.2) is 48.5 Å². The molecule has 1 N–H and O–H groups in total. The number of hydrogen-bond donors (Lipinski definition) is 1. The van der Waals surface area contributed by atoms with Crippen LogP contribution in [0.5, 0.6) is 0 Å². The number of nitriles is 1. The lowest BCUT2D eigenvalue weighted by Crippen LogP contribution is -2.49. The highest BCUT2D eigenvalue weighted by molar-refractivity contribution is 5.94. The van der Waals surface area contributed by atoms with Gasteiger partial charge in [0.25, 0.3) is 5.91 Å². The fourth-order valence-corrected chi connectivity index (χ4v) is 3.35. The monoisotopic (exact) mass is 394 g/mol. The number of carbonyl (C=O) groups excluding carboxylic acids is 2. The number of rotatable bonds is 4. The first-order valence-electron chi connectivity index (χ1n) is 9.52. The van der Waals surface area contributed by atoms with Crippen LogP contribution in [0.4, 0.5) is 9.18 Å². The molecule has 2 aromatic carbocycles. The van der Waals surface area contributed by atoms with E-state index >= 15 is 0 Å². The average Bonchev–Trinajstić information content (AvgIpc) is 2.74. The third kappa shape index (κ3) is 5.11. The molecule has 1 fully saturated rings. The highest BCUT2D eigenvalue weighted by atomic mass is 19.1. The number of nitrogens with one attached hydrogen (secondary N) is 1. The molecule has 0 spiro atoms. The second-order valence-corrected chi connectivity index (χ2v) is 7.16. The summed E-state index contributed by atoms with van der Waals surface area (Å²) in [4.78, 5) is 28.1. The van der Waals surface area contributed by atoms with Crippen molar-refractivity contribution < 1.29 is 14.0 Å². The van der Waals surface area contributed by atoms with Gasteiger partial charge in [0.2, 0.25) is 0 Å². The van der Waals surface area contributed by atoms with Crippen molar-refractivity contribution in [3.63, 3.8) is 0 Å². The van der Waals surface area contributed by atoms with E-state index in [0.717, 1.165) is 5.56 Å². The van der Waals surface area contributed by atoms with Crippen LogP contribution in [-0.2, 0) is 6.54 Å². The molecule has 0 aromatic heterocycles. The Morgan fingerprint density at radius 2 is 1.83 bits per heavy atom. The van der Waals surface area contributed by atoms with Gasteiger partial charge in [-0.25, -0.2) is 9.18 Å². The molecule has 0 aliphatic carbocycles. The van der Waals surface area contributed by atoms with Gasteiger partial charge < -0.3 is 15.1 Å². The van der Waals surface area contributed by atoms with Crippen LogP contribution < -0.4 is 5.32 Å². The summed E-state index contributed by atoms with van der Waals surface area (Å²) in [6.45, 7) is 1.37. The van der Waals surface area contributed by atoms with Crippen LogP contribution in [0.1, 0.15) is 34.3 Å². The number of likely N-dealkylation sites (tertiary alicyclic amines) is 1. The molecule has 1 aliphatic heterocycles. The lowest BCUT2D eigenvalue weighted by Gasteiger charge is -2.33. The van der Waals surface area contributed by atoms with Gasteiger partial charge in [0.05, 0.1) is 17.2 Å². The van der Waals surface area contributed by atoms with Crippen molar-refractivity contribution in [1.29, 1.82) is 5.26 Å². The Bertz CT molecular complexity index is 915. The van der Waals surface area contributed by atoms with Gasteiger partial charge in [-0.2, -0.15) is 5.26 Å². The Hall–Kier alpha value is -3.40. The smallest absolute Gasteiger partial charge is 0.317 e. The van der Waals surface area contributed by atoms with E-state index in [-0.39, 0.29) is 23.5 Å². The van der Waals surface area contributed by atoms with Gasteiger partial charge in [0.15, 0.2) is 0 Å². The van der Waals surface area contributed by atoms with E-state index in [0.29, 0.717) is 38.0 Å². The molecule has 29 heavy (non-hydrogen) atoms. The number of urea groups is 1. The van der Waals surface area contributed by atoms with Crippen LogP contribution in [-0.4, -0.2) is 47.9 Å². The summed E-state index contributed by atoms with van der Waals surface area (Å²) in [6.07, 6.45) is 1.24. The summed E-state index contributed by atoms with van der Waals surface area (Å²) in [5.74, 6) is -0.830. The number of nitrogens with zero attached hydrogens (tertiary/aromatic N) is 3. The van der Waals surface area contributed by atoms with Crippen molar-refractivity contribution in [2.75, 3.05) is 20.1 Å². The van der Waals surface area contributed by atoms with E-state index in [1.807, 2.05) is 12.1 Å². The minimum Gasteiger partial charge on any atom is -0.338 e. The number of hydrogen-bond acceptors (Lipinski definition) is 3. The van der Waals surface area contributed by atoms with Gasteiger partial charge in [0.1, 0.15) is 5.82 Å². The number of amides is 3. The fraction of sp³-hybridized carbons (Fsp3) is 0.318. The molecule has 2 aromatic rings. The maximum absolute atomic E-state index is 13.8. The first kappa shape index (κ1) is 20.3. The summed E-state index contributed by atoms with van der Waals surface area (Å²) >= 11 is 0. The highest BCUT2D eigenvalue weighted by Gasteiger charge is 2.26. The Morgan fingerprint density at radius 1 is 1.17 bits per heavy atom. The molecule has 1 aliphatic rings. The van der Waals surface area contributed by atoms with Crippen molar-refractivity contribution >= 4 is 11.9 Å². The summed E-state index contributed by atoms with van der Waals surface area (Å²) in [6, 6.07) is 14.9. The van der Waals surface area contributed by atoms with E-state index in [9.17, 15) is 14.0 Å². The minimum absolute atomic E-state index is 0.0319. The van der Waals surface area contributed by atoms with Crippen molar-refractivity contribution in [2.45, 2.75) is 25.4 Å². The molecule has 6 nitrogen and oxygen atoms in total. The van der Waals surface area contributed by atoms with Gasteiger partial charge in [0, 0.05) is 32.7 Å². The average molecular weight is 394 g/mol. The molecule has 7 heteroatoms. The maximum atomic E-state index is 13.8. The molecule has 3 amide bonds. The van der Waals surface area contributed by atoms with Crippen LogP contribution in [0.3, 0.4) is 0 Å². The zero-order valence-corrected chi connectivity index (χ0v) is 16.3. The Kier molecular flexibility index (Phi) is 6.45. The zero-order chi connectivity index (χ0) is 20.8. The number of carbonyl (C=O) groups is 2. The molecule has 0 radical (unpaired) electrons. The van der Waals surface area contributed by atoms with Crippen LogP contribution in [0.25, 0.3) is 0 Å². The van der Waals surface area contributed by atoms with E-state index in [4.69, 9.17) is 5.26 Å². The summed E-state index contributed by atoms with van der Waals surface area (Å²) in [5.41, 5.74) is 1.60. The molecule has 0 saturated carbocycles. The zero-order valence-electron chi connectivity index (χ0n) is 16.3. The SMILES string of the molecule is CN(Cc1ccc(C#N)cc1)C(=O)NC1CCN(C(=O)c2ccccc2F)CC1. The molecule has 0 unspecified atom stereocenters. The standard InChI is InChI=1S/C22H23FN4O2/c1-26(15-17-8-6-16(14-24)7-9-17)22(29)25-18-10-12-27(13-11-18)21(28)19-4-2-3-5-20(19)23/h2-9,18H,10-13,15H2,1H3,(H,25,29). The second-order valence-electron chi connectivity index (χ2n) is 7.16. The molecule has 1 saturated heterocycles. The van der Waals surface area contributed by atoms with Crippen molar-refractivity contribution in [3.05, 3.63) is 71.0 Å². The topological polar surface area (TPSA) is 76.4 Å². The first-order valence-corrected chi connectivity index (χ1v) is 9.52. The van der Waals surface area contributed by atoms with E-state index < -0.39 is 5.82 Å². The summed E-state index contributed by atoms with van der Waals surface area (Å²) in [5, 5.41) is 11.8. The Labute approximate surface area is 169 Å². The highest BCUT2D eigenvalue weighted by Crippen LogP contribution is 2.16. The molecule has 3 rings (SSSR count). The van der Waals surface area contributed by atoms with Crippen molar-refractivity contribution in [1.82, 2.24) is 15.1 Å². The van der Waals surface area contributed by atoms with Crippen LogP contribution in [0, 0.1) is 17.1 Å². The molecular formula is C22H23FN4O2. The van der Waals surface area contributed by atoms with Crippen molar-refractivity contribution in [2.24, 2.45) is 0 Å². The van der Waals surface area contributed by atoms with Gasteiger partial charge in [-0.05, 0) is 42.7 Å². The van der Waals surface area contributed by atoms with Gasteiger partial charge in [-0.3, -0.25) is 4.79 Å². The van der Waals surface area contributed by atoms with Crippen LogP contribution >= 0.6 is 0 Å². The third-order valence-corrected chi connectivity index (χ3v) is 5.06. The van der Waals surface area contributed by atoms with Gasteiger partial charge in [-0.15, -0.1) is 0 Å². The summed E-state index contributed by atoms with van der Waals surface area (Å²) < 4.78 is 13.8. The normalized spacial score (nSPS) is 14.2. The van der Waals surface area contributed by atoms with Crippen molar-refractivity contribution in [3.8, 4) is 6.07 Å². The molecule has 1 heterocycles. The first-order chi connectivity index (χ1) is 14.0. The molecule has 150 valence electrons. The maximum Gasteiger partial charge on any atom is 0.317 e. The Balaban J connectivity index is 1.48. The quantitative estimate of drug-likeness (QED) is 0.866. The predicted molar refractivity (Wildman–Crippen MR) is 106 cm³/mol. The number of benzene rings is 2. The van der Waals surface area contributed by atoms with E-state index in [1.54, 1.807) is 41.1 Å². The largest absolute Gasteiger partial charge is 0.338 e. The third-order valence-electron chi connectivity index (χ3n) is 5.06. The summed E-state index contributed by atoms with van der Waals surface area (Å²) in [7, 11) is 1.71. The molecular weight excluding hydrogens is 371 g/mol. The molecule has 0 bridgehead atoms. The van der Waals surface area contributed by atoms with Gasteiger partial charge in [-0.1, -0.05) is 24.3 Å². The minimum atomic E-state index is -0.516.